The standard InChI is InChI=1S/C33H38FN5O4/c1-38(31(41)27(14-21-6-7-21)37-30(40)23-10-12-25(34)13-11-23)28(15-22-8-9-22)32(42)39-20-33(16-26(39)17-35)19-36-18-24-4-2-3-5-29(24)43-33/h2-5,10-13,21-22,26-28,36H,6-9,14-16,18-20H2,1H3,(H,37,40). The Labute approximate surface area is 251 Å². The monoisotopic (exact) mass is 587 g/mol. The Morgan fingerprint density at radius 1 is 1.12 bits per heavy atom. The first kappa shape index (κ1) is 29.1. The third kappa shape index (κ3) is 6.52. The van der Waals surface area contributed by atoms with Gasteiger partial charge in [-0.1, -0.05) is 43.9 Å². The van der Waals surface area contributed by atoms with Crippen LogP contribution < -0.4 is 15.4 Å². The number of hydrogen-bond acceptors (Lipinski definition) is 6. The highest BCUT2D eigenvalue weighted by Crippen LogP contribution is 2.39. The summed E-state index contributed by atoms with van der Waals surface area (Å²) in [6, 6.07) is 13.0. The normalized spacial score (nSPS) is 24.2. The number of likely N-dealkylation sites (N-methyl/N-ethyl adjacent to an activating group) is 1. The first-order chi connectivity index (χ1) is 20.7. The van der Waals surface area contributed by atoms with Gasteiger partial charge >= 0.3 is 0 Å². The van der Waals surface area contributed by atoms with E-state index >= 15 is 0 Å². The highest BCUT2D eigenvalue weighted by molar-refractivity contribution is 5.98. The lowest BCUT2D eigenvalue weighted by molar-refractivity contribution is -0.146. The van der Waals surface area contributed by atoms with Gasteiger partial charge in [-0.2, -0.15) is 5.26 Å². The molecule has 0 bridgehead atoms. The molecule has 2 saturated carbocycles. The Kier molecular flexibility index (Phi) is 8.10. The average Bonchev–Trinajstić information content (AvgIpc) is 3.94. The molecular weight excluding hydrogens is 549 g/mol. The molecule has 4 atom stereocenters. The Bertz CT molecular complexity index is 1420. The smallest absolute Gasteiger partial charge is 0.251 e. The van der Waals surface area contributed by atoms with E-state index < -0.39 is 35.5 Å². The fourth-order valence-electron chi connectivity index (χ4n) is 6.38. The second kappa shape index (κ2) is 12.0. The molecule has 2 N–H and O–H groups in total. The molecule has 2 aliphatic carbocycles. The zero-order chi connectivity index (χ0) is 30.1. The summed E-state index contributed by atoms with van der Waals surface area (Å²) < 4.78 is 19.9. The minimum absolute atomic E-state index is 0.237. The molecule has 43 heavy (non-hydrogen) atoms. The highest BCUT2D eigenvalue weighted by Gasteiger charge is 2.51. The topological polar surface area (TPSA) is 115 Å². The summed E-state index contributed by atoms with van der Waals surface area (Å²) in [5.74, 6) is -0.0800. The Morgan fingerprint density at radius 2 is 1.81 bits per heavy atom. The van der Waals surface area contributed by atoms with Gasteiger partial charge in [0.1, 0.15) is 35.3 Å². The van der Waals surface area contributed by atoms with Gasteiger partial charge in [0.2, 0.25) is 11.8 Å². The van der Waals surface area contributed by atoms with Gasteiger partial charge in [0.15, 0.2) is 0 Å². The molecule has 1 saturated heterocycles. The van der Waals surface area contributed by atoms with Crippen molar-refractivity contribution in [3.63, 3.8) is 0 Å². The molecule has 9 nitrogen and oxygen atoms in total. The van der Waals surface area contributed by atoms with Crippen molar-refractivity contribution < 1.29 is 23.5 Å². The van der Waals surface area contributed by atoms with Crippen molar-refractivity contribution in [3.05, 3.63) is 65.5 Å². The number of halogens is 1. The van der Waals surface area contributed by atoms with Crippen LogP contribution in [0, 0.1) is 29.0 Å². The first-order valence-corrected chi connectivity index (χ1v) is 15.3. The van der Waals surface area contributed by atoms with Crippen LogP contribution >= 0.6 is 0 Å². The van der Waals surface area contributed by atoms with Gasteiger partial charge in [-0.3, -0.25) is 14.4 Å². The van der Waals surface area contributed by atoms with Crippen LogP contribution in [0.3, 0.4) is 0 Å². The van der Waals surface area contributed by atoms with Crippen LogP contribution in [-0.4, -0.2) is 71.4 Å². The van der Waals surface area contributed by atoms with Gasteiger partial charge < -0.3 is 25.2 Å². The molecule has 6 rings (SSSR count). The molecule has 3 fully saturated rings. The van der Waals surface area contributed by atoms with E-state index in [4.69, 9.17) is 4.74 Å². The van der Waals surface area contributed by atoms with Crippen LogP contribution in [0.1, 0.15) is 60.9 Å². The quantitative estimate of drug-likeness (QED) is 0.465. The van der Waals surface area contributed by atoms with Crippen molar-refractivity contribution in [2.75, 3.05) is 20.1 Å². The van der Waals surface area contributed by atoms with Crippen LogP contribution in [0.25, 0.3) is 0 Å². The molecule has 3 amide bonds. The number of nitriles is 1. The van der Waals surface area contributed by atoms with Crippen molar-refractivity contribution in [1.82, 2.24) is 20.4 Å². The van der Waals surface area contributed by atoms with Gasteiger partial charge in [-0.25, -0.2) is 4.39 Å². The molecule has 10 heteroatoms. The maximum Gasteiger partial charge on any atom is 0.251 e. The number of benzene rings is 2. The summed E-state index contributed by atoms with van der Waals surface area (Å²) in [4.78, 5) is 44.4. The number of hydrogen-bond donors (Lipinski definition) is 2. The average molecular weight is 588 g/mol. The van der Waals surface area contributed by atoms with Gasteiger partial charge in [0, 0.05) is 37.7 Å². The number of nitrogens with zero attached hydrogens (tertiary/aromatic N) is 3. The molecule has 2 aromatic rings. The van der Waals surface area contributed by atoms with E-state index in [2.05, 4.69) is 16.7 Å². The van der Waals surface area contributed by atoms with Gasteiger partial charge in [0.25, 0.3) is 5.91 Å². The number of nitrogens with one attached hydrogen (secondary N) is 2. The molecule has 2 heterocycles. The van der Waals surface area contributed by atoms with E-state index in [0.29, 0.717) is 44.2 Å². The maximum atomic E-state index is 14.3. The minimum atomic E-state index is -0.813. The fourth-order valence-corrected chi connectivity index (χ4v) is 6.38. The first-order valence-electron chi connectivity index (χ1n) is 15.3. The SMILES string of the molecule is CN(C(=O)C(CC1CC1)NC(=O)c1ccc(F)cc1)C(CC1CC1)C(=O)N1CC2(CNCc3ccccc3O2)CC1C#N. The van der Waals surface area contributed by atoms with Crippen molar-refractivity contribution in [3.8, 4) is 11.8 Å². The van der Waals surface area contributed by atoms with Crippen LogP contribution in [-0.2, 0) is 16.1 Å². The van der Waals surface area contributed by atoms with E-state index in [0.717, 1.165) is 37.0 Å². The van der Waals surface area contributed by atoms with Crippen LogP contribution in [0.2, 0.25) is 0 Å². The van der Waals surface area contributed by atoms with E-state index in [-0.39, 0.29) is 23.9 Å². The highest BCUT2D eigenvalue weighted by atomic mass is 19.1. The second-order valence-corrected chi connectivity index (χ2v) is 12.7. The maximum absolute atomic E-state index is 14.3. The third-order valence-corrected chi connectivity index (χ3v) is 9.22. The van der Waals surface area contributed by atoms with Crippen LogP contribution in [0.4, 0.5) is 4.39 Å². The van der Waals surface area contributed by atoms with Crippen molar-refractivity contribution in [2.24, 2.45) is 11.8 Å². The molecule has 1 spiro atoms. The largest absolute Gasteiger partial charge is 0.484 e. The Balaban J connectivity index is 1.21. The number of carbonyl (C=O) groups excluding carboxylic acids is 3. The molecule has 0 radical (unpaired) electrons. The van der Waals surface area contributed by atoms with Crippen molar-refractivity contribution in [2.45, 2.75) is 75.2 Å². The molecule has 2 aliphatic heterocycles. The number of fused-ring (bicyclic) bond motifs is 1. The third-order valence-electron chi connectivity index (χ3n) is 9.22. The van der Waals surface area contributed by atoms with Crippen molar-refractivity contribution >= 4 is 17.7 Å². The molecular formula is C33H38FN5O4. The molecule has 2 aromatic carbocycles. The molecule has 226 valence electrons. The Hall–Kier alpha value is -3.97. The second-order valence-electron chi connectivity index (χ2n) is 12.7. The molecule has 0 aromatic heterocycles. The summed E-state index contributed by atoms with van der Waals surface area (Å²) >= 11 is 0. The van der Waals surface area contributed by atoms with Gasteiger partial charge in [-0.05, 0) is 55.0 Å². The summed E-state index contributed by atoms with van der Waals surface area (Å²) in [7, 11) is 1.63. The number of para-hydroxylation sites is 1. The molecule has 4 unspecified atom stereocenters. The van der Waals surface area contributed by atoms with Crippen molar-refractivity contribution in [1.29, 1.82) is 5.26 Å². The summed E-state index contributed by atoms with van der Waals surface area (Å²) in [6.07, 6.45) is 5.31. The fraction of sp³-hybridized carbons (Fsp3) is 0.515. The van der Waals surface area contributed by atoms with Crippen LogP contribution in [0.5, 0.6) is 5.75 Å². The number of rotatable bonds is 9. The predicted molar refractivity (Wildman–Crippen MR) is 156 cm³/mol. The summed E-state index contributed by atoms with van der Waals surface area (Å²) in [5, 5.41) is 16.4. The van der Waals surface area contributed by atoms with Gasteiger partial charge in [-0.15, -0.1) is 0 Å². The lowest BCUT2D eigenvalue weighted by Crippen LogP contribution is -2.56. The number of ether oxygens (including phenoxy) is 1. The lowest BCUT2D eigenvalue weighted by Gasteiger charge is -2.35. The van der Waals surface area contributed by atoms with E-state index in [1.54, 1.807) is 11.9 Å². The lowest BCUT2D eigenvalue weighted by atomic mass is 10.0. The zero-order valence-electron chi connectivity index (χ0n) is 24.4. The Morgan fingerprint density at radius 3 is 2.51 bits per heavy atom. The number of amides is 3. The van der Waals surface area contributed by atoms with E-state index in [1.165, 1.54) is 29.2 Å². The summed E-state index contributed by atoms with van der Waals surface area (Å²) in [6.45, 7) is 1.36. The molecule has 4 aliphatic rings. The summed E-state index contributed by atoms with van der Waals surface area (Å²) in [5.41, 5.74) is 0.535. The zero-order valence-corrected chi connectivity index (χ0v) is 24.4. The number of likely N-dealkylation sites (tertiary alicyclic amines) is 1. The predicted octanol–water partition coefficient (Wildman–Crippen LogP) is 3.40. The minimum Gasteiger partial charge on any atom is -0.484 e. The van der Waals surface area contributed by atoms with Crippen LogP contribution in [0.15, 0.2) is 48.5 Å². The van der Waals surface area contributed by atoms with E-state index in [1.807, 2.05) is 24.3 Å². The van der Waals surface area contributed by atoms with Gasteiger partial charge in [0.05, 0.1) is 12.6 Å². The van der Waals surface area contributed by atoms with E-state index in [9.17, 15) is 24.0 Å². The number of carbonyl (C=O) groups is 3.